The van der Waals surface area contributed by atoms with Crippen LogP contribution in [0.1, 0.15) is 97.9 Å². The number of amides is 2. The maximum atomic E-state index is 14.6. The molecule has 8 heteroatoms. The molecule has 0 bridgehead atoms. The Kier molecular flexibility index (Phi) is 10.3. The highest BCUT2D eigenvalue weighted by atomic mass is 16.5. The molecule has 3 aliphatic rings. The highest BCUT2D eigenvalue weighted by Crippen LogP contribution is 2.42. The van der Waals surface area contributed by atoms with Gasteiger partial charge in [-0.25, -0.2) is 0 Å². The Balaban J connectivity index is 1.29. The third-order valence-electron chi connectivity index (χ3n) is 10.9. The van der Waals surface area contributed by atoms with Gasteiger partial charge in [0.1, 0.15) is 17.5 Å². The topological polar surface area (TPSA) is 87.6 Å². The number of ether oxygens (including phenoxy) is 1. The maximum absolute atomic E-state index is 14.6. The van der Waals surface area contributed by atoms with Crippen molar-refractivity contribution >= 4 is 22.7 Å². The zero-order valence-electron chi connectivity index (χ0n) is 29.0. The van der Waals surface area contributed by atoms with E-state index in [0.717, 1.165) is 90.8 Å². The quantitative estimate of drug-likeness (QED) is 0.145. The summed E-state index contributed by atoms with van der Waals surface area (Å²) in [4.78, 5) is 28.8. The van der Waals surface area contributed by atoms with Gasteiger partial charge in [0.05, 0.1) is 0 Å². The van der Waals surface area contributed by atoms with Crippen LogP contribution in [-0.2, 0) is 4.79 Å². The van der Waals surface area contributed by atoms with Crippen LogP contribution < -0.4 is 20.7 Å². The zero-order valence-corrected chi connectivity index (χ0v) is 29.0. The number of likely N-dealkylation sites (tertiary alicyclic amines) is 1. The normalized spacial score (nSPS) is 21.3. The number of aromatic nitrogens is 1. The number of carbonyl (C=O) groups excluding carboxylic acids is 2. The average molecular weight is 662 g/mol. The maximum Gasteiger partial charge on any atom is 0.268 e. The van der Waals surface area contributed by atoms with Crippen molar-refractivity contribution in [2.75, 3.05) is 32.7 Å². The number of carbonyl (C=O) groups is 2. The van der Waals surface area contributed by atoms with E-state index in [1.807, 2.05) is 11.0 Å². The molecule has 0 aliphatic carbocycles. The van der Waals surface area contributed by atoms with Gasteiger partial charge in [-0.1, -0.05) is 60.7 Å². The first-order chi connectivity index (χ1) is 24.0. The smallest absolute Gasteiger partial charge is 0.268 e. The molecule has 0 spiro atoms. The fourth-order valence-electron chi connectivity index (χ4n) is 8.35. The van der Waals surface area contributed by atoms with Crippen molar-refractivity contribution in [1.82, 2.24) is 25.4 Å². The van der Waals surface area contributed by atoms with Crippen molar-refractivity contribution in [2.24, 2.45) is 0 Å². The van der Waals surface area contributed by atoms with E-state index in [9.17, 15) is 9.59 Å². The standard InChI is InChI=1S/C41H51N5O3/c1-28(34-15-8-23-42-34)46-36-17-7-6-14-33(36)39(40(46)41(48)44-25-11-27-45-26-10-18-37(45)47)38(30-12-4-3-5-13-30)31-19-21-32(22-20-31)49-29(2)35-16-9-24-43-35/h3-7,12-14,17,19-22,28-29,34-35,38,42-43H,8-11,15-16,18,23-27H2,1-2H3,(H,44,48). The van der Waals surface area contributed by atoms with Crippen LogP contribution in [0.5, 0.6) is 5.75 Å². The third kappa shape index (κ3) is 7.12. The van der Waals surface area contributed by atoms with E-state index >= 15 is 0 Å². The molecule has 5 unspecified atom stereocenters. The first kappa shape index (κ1) is 33.4. The van der Waals surface area contributed by atoms with Gasteiger partial charge in [0, 0.05) is 66.6 Å². The molecular weight excluding hydrogens is 610 g/mol. The summed E-state index contributed by atoms with van der Waals surface area (Å²) in [7, 11) is 0. The van der Waals surface area contributed by atoms with E-state index in [4.69, 9.17) is 4.74 Å². The third-order valence-corrected chi connectivity index (χ3v) is 10.9. The molecule has 3 saturated heterocycles. The molecule has 4 aromatic rings. The Bertz CT molecular complexity index is 1720. The first-order valence-corrected chi connectivity index (χ1v) is 18.5. The predicted octanol–water partition coefficient (Wildman–Crippen LogP) is 6.40. The second kappa shape index (κ2) is 15.2. The van der Waals surface area contributed by atoms with Gasteiger partial charge in [-0.3, -0.25) is 9.59 Å². The number of nitrogens with zero attached hydrogens (tertiary/aromatic N) is 2. The summed E-state index contributed by atoms with van der Waals surface area (Å²) in [6.45, 7) is 8.44. The average Bonchev–Trinajstić information content (AvgIpc) is 3.96. The predicted molar refractivity (Wildman–Crippen MR) is 195 cm³/mol. The van der Waals surface area contributed by atoms with E-state index in [1.165, 1.54) is 6.42 Å². The molecule has 3 aromatic carbocycles. The number of hydrogen-bond donors (Lipinski definition) is 3. The minimum absolute atomic E-state index is 0.0671. The van der Waals surface area contributed by atoms with Crippen LogP contribution in [-0.4, -0.2) is 72.2 Å². The Hall–Kier alpha value is -4.14. The molecule has 0 radical (unpaired) electrons. The number of nitrogens with one attached hydrogen (secondary N) is 3. The number of rotatable bonds is 13. The summed E-state index contributed by atoms with van der Waals surface area (Å²) in [5.41, 5.74) is 5.06. The van der Waals surface area contributed by atoms with Gasteiger partial charge in [0.25, 0.3) is 5.91 Å². The van der Waals surface area contributed by atoms with Gasteiger partial charge in [-0.2, -0.15) is 0 Å². The van der Waals surface area contributed by atoms with Crippen LogP contribution in [0, 0.1) is 0 Å². The van der Waals surface area contributed by atoms with E-state index in [2.05, 4.69) is 107 Å². The number of benzene rings is 3. The minimum atomic E-state index is -0.179. The number of fused-ring (bicyclic) bond motifs is 1. The molecule has 49 heavy (non-hydrogen) atoms. The molecule has 3 aliphatic heterocycles. The summed E-state index contributed by atoms with van der Waals surface area (Å²) in [5.74, 6) is 0.831. The lowest BCUT2D eigenvalue weighted by molar-refractivity contribution is -0.127. The van der Waals surface area contributed by atoms with Crippen molar-refractivity contribution in [3.63, 3.8) is 0 Å². The number of para-hydroxylation sites is 1. The Morgan fingerprint density at radius 2 is 1.57 bits per heavy atom. The van der Waals surface area contributed by atoms with Gasteiger partial charge < -0.3 is 30.2 Å². The molecule has 0 saturated carbocycles. The fraction of sp³-hybridized carbons (Fsp3) is 0.463. The van der Waals surface area contributed by atoms with Crippen molar-refractivity contribution < 1.29 is 14.3 Å². The van der Waals surface area contributed by atoms with Crippen LogP contribution in [0.2, 0.25) is 0 Å². The Morgan fingerprint density at radius 3 is 2.27 bits per heavy atom. The fourth-order valence-corrected chi connectivity index (χ4v) is 8.35. The molecule has 2 amide bonds. The molecular formula is C41H51N5O3. The van der Waals surface area contributed by atoms with Crippen LogP contribution >= 0.6 is 0 Å². The van der Waals surface area contributed by atoms with Crippen molar-refractivity contribution in [3.8, 4) is 5.75 Å². The van der Waals surface area contributed by atoms with Crippen LogP contribution in [0.3, 0.4) is 0 Å². The molecule has 3 N–H and O–H groups in total. The van der Waals surface area contributed by atoms with Gasteiger partial charge >= 0.3 is 0 Å². The van der Waals surface area contributed by atoms with Crippen molar-refractivity contribution in [3.05, 3.63) is 101 Å². The highest BCUT2D eigenvalue weighted by molar-refractivity contribution is 6.03. The molecule has 1 aromatic heterocycles. The largest absolute Gasteiger partial charge is 0.489 e. The van der Waals surface area contributed by atoms with Crippen LogP contribution in [0.4, 0.5) is 0 Å². The van der Waals surface area contributed by atoms with Gasteiger partial charge in [0.2, 0.25) is 5.91 Å². The summed E-state index contributed by atoms with van der Waals surface area (Å²) >= 11 is 0. The van der Waals surface area contributed by atoms with E-state index in [1.54, 1.807) is 0 Å². The monoisotopic (exact) mass is 661 g/mol. The SMILES string of the molecule is CC(Oc1ccc(C(c2ccccc2)c2c(C(=O)NCCCN3CCCC3=O)n(C(C)C3CCCN3)c3ccccc23)cc1)C1CCCN1. The molecule has 7 rings (SSSR count). The summed E-state index contributed by atoms with van der Waals surface area (Å²) < 4.78 is 8.71. The molecule has 4 heterocycles. The first-order valence-electron chi connectivity index (χ1n) is 18.5. The summed E-state index contributed by atoms with van der Waals surface area (Å²) in [6, 6.07) is 28.3. The summed E-state index contributed by atoms with van der Waals surface area (Å²) in [5, 5.41) is 11.7. The van der Waals surface area contributed by atoms with E-state index in [-0.39, 0.29) is 35.9 Å². The molecule has 3 fully saturated rings. The lowest BCUT2D eigenvalue weighted by Gasteiger charge is -2.26. The zero-order chi connectivity index (χ0) is 33.7. The van der Waals surface area contributed by atoms with Crippen molar-refractivity contribution in [2.45, 2.75) is 88.9 Å². The molecule has 5 atom stereocenters. The second-order valence-corrected chi connectivity index (χ2v) is 14.1. The van der Waals surface area contributed by atoms with Gasteiger partial charge in [-0.15, -0.1) is 0 Å². The Morgan fingerprint density at radius 1 is 0.878 bits per heavy atom. The molecule has 258 valence electrons. The Labute approximate surface area is 290 Å². The van der Waals surface area contributed by atoms with E-state index < -0.39 is 0 Å². The number of hydrogen-bond acceptors (Lipinski definition) is 5. The highest BCUT2D eigenvalue weighted by Gasteiger charge is 2.34. The van der Waals surface area contributed by atoms with E-state index in [0.29, 0.717) is 25.6 Å². The van der Waals surface area contributed by atoms with Gasteiger partial charge in [0.15, 0.2) is 0 Å². The van der Waals surface area contributed by atoms with Gasteiger partial charge in [-0.05, 0) is 94.8 Å². The van der Waals surface area contributed by atoms with Crippen LogP contribution in [0.15, 0.2) is 78.9 Å². The summed E-state index contributed by atoms with van der Waals surface area (Å²) in [6.07, 6.45) is 6.90. The second-order valence-electron chi connectivity index (χ2n) is 14.1. The minimum Gasteiger partial charge on any atom is -0.489 e. The van der Waals surface area contributed by atoms with Crippen LogP contribution in [0.25, 0.3) is 10.9 Å². The lowest BCUT2D eigenvalue weighted by atomic mass is 9.83. The lowest BCUT2D eigenvalue weighted by Crippen LogP contribution is -2.36. The molecule has 8 nitrogen and oxygen atoms in total. The van der Waals surface area contributed by atoms with Crippen molar-refractivity contribution in [1.29, 1.82) is 0 Å².